The maximum Gasteiger partial charge on any atom is 0.231 e. The summed E-state index contributed by atoms with van der Waals surface area (Å²) >= 11 is 0. The molecular formula is C23H27N3O3. The molecule has 2 aromatic carbocycles. The molecule has 0 aliphatic carbocycles. The van der Waals surface area contributed by atoms with Crippen LogP contribution in [0.25, 0.3) is 6.08 Å². The SMILES string of the molecule is O=C(CCN1CCN(CC=Cc2ccccc2)CC1)Nc1ccc2c(c1)OCO2. The second kappa shape index (κ2) is 9.58. The van der Waals surface area contributed by atoms with E-state index < -0.39 is 0 Å². The summed E-state index contributed by atoms with van der Waals surface area (Å²) in [5.41, 5.74) is 1.98. The molecule has 0 spiro atoms. The average Bonchev–Trinajstić information content (AvgIpc) is 3.22. The number of carbonyl (C=O) groups is 1. The van der Waals surface area contributed by atoms with Crippen molar-refractivity contribution in [2.24, 2.45) is 0 Å². The van der Waals surface area contributed by atoms with Crippen molar-refractivity contribution in [2.75, 3.05) is 51.4 Å². The molecule has 1 fully saturated rings. The number of piperazine rings is 1. The van der Waals surface area contributed by atoms with E-state index in [1.807, 2.05) is 24.3 Å². The van der Waals surface area contributed by atoms with E-state index in [-0.39, 0.29) is 12.7 Å². The van der Waals surface area contributed by atoms with Gasteiger partial charge in [-0.05, 0) is 17.7 Å². The van der Waals surface area contributed by atoms with E-state index in [0.717, 1.165) is 50.7 Å². The van der Waals surface area contributed by atoms with Gasteiger partial charge in [-0.25, -0.2) is 0 Å². The molecule has 2 aliphatic rings. The van der Waals surface area contributed by atoms with Crippen LogP contribution in [0.4, 0.5) is 5.69 Å². The Bertz CT molecular complexity index is 846. The van der Waals surface area contributed by atoms with Crippen molar-refractivity contribution in [3.05, 3.63) is 60.2 Å². The molecule has 2 heterocycles. The summed E-state index contributed by atoms with van der Waals surface area (Å²) in [6.45, 7) is 6.04. The highest BCUT2D eigenvalue weighted by Crippen LogP contribution is 2.34. The highest BCUT2D eigenvalue weighted by Gasteiger charge is 2.17. The Morgan fingerprint density at radius 3 is 2.55 bits per heavy atom. The van der Waals surface area contributed by atoms with Crippen LogP contribution >= 0.6 is 0 Å². The molecule has 0 bridgehead atoms. The van der Waals surface area contributed by atoms with E-state index in [0.29, 0.717) is 12.2 Å². The maximum absolute atomic E-state index is 12.3. The van der Waals surface area contributed by atoms with Crippen molar-refractivity contribution in [2.45, 2.75) is 6.42 Å². The number of ether oxygens (including phenoxy) is 2. The van der Waals surface area contributed by atoms with Crippen molar-refractivity contribution in [1.82, 2.24) is 9.80 Å². The fraction of sp³-hybridized carbons (Fsp3) is 0.348. The Morgan fingerprint density at radius 2 is 1.72 bits per heavy atom. The summed E-state index contributed by atoms with van der Waals surface area (Å²) in [7, 11) is 0. The van der Waals surface area contributed by atoms with Gasteiger partial charge in [-0.3, -0.25) is 9.69 Å². The first-order valence-electron chi connectivity index (χ1n) is 10.1. The van der Waals surface area contributed by atoms with Gasteiger partial charge in [0.2, 0.25) is 12.7 Å². The Kier molecular flexibility index (Phi) is 6.44. The fourth-order valence-corrected chi connectivity index (χ4v) is 3.55. The smallest absolute Gasteiger partial charge is 0.231 e. The van der Waals surface area contributed by atoms with E-state index in [2.05, 4.69) is 51.5 Å². The molecule has 4 rings (SSSR count). The zero-order valence-corrected chi connectivity index (χ0v) is 16.5. The minimum atomic E-state index is 0.0251. The number of benzene rings is 2. The summed E-state index contributed by atoms with van der Waals surface area (Å²) < 4.78 is 10.6. The third-order valence-corrected chi connectivity index (χ3v) is 5.25. The van der Waals surface area contributed by atoms with Crippen LogP contribution in [0.15, 0.2) is 54.6 Å². The van der Waals surface area contributed by atoms with Gasteiger partial charge < -0.3 is 19.7 Å². The lowest BCUT2D eigenvalue weighted by molar-refractivity contribution is -0.116. The minimum absolute atomic E-state index is 0.0251. The quantitative estimate of drug-likeness (QED) is 0.784. The third kappa shape index (κ3) is 5.59. The largest absolute Gasteiger partial charge is 0.454 e. The molecule has 0 atom stereocenters. The van der Waals surface area contributed by atoms with E-state index in [4.69, 9.17) is 9.47 Å². The van der Waals surface area contributed by atoms with Gasteiger partial charge in [-0.15, -0.1) is 0 Å². The standard InChI is InChI=1S/C23H27N3O3/c27-23(24-20-8-9-21-22(17-20)29-18-28-21)10-12-26-15-13-25(14-16-26)11-4-7-19-5-2-1-3-6-19/h1-9,17H,10-16,18H2,(H,24,27). The van der Waals surface area contributed by atoms with E-state index in [9.17, 15) is 4.79 Å². The fourth-order valence-electron chi connectivity index (χ4n) is 3.55. The van der Waals surface area contributed by atoms with Gasteiger partial charge in [0.1, 0.15) is 0 Å². The van der Waals surface area contributed by atoms with Crippen LogP contribution in [0, 0.1) is 0 Å². The van der Waals surface area contributed by atoms with E-state index in [1.165, 1.54) is 5.56 Å². The lowest BCUT2D eigenvalue weighted by atomic mass is 10.2. The molecule has 0 aromatic heterocycles. The number of nitrogens with one attached hydrogen (secondary N) is 1. The number of nitrogens with zero attached hydrogens (tertiary/aromatic N) is 2. The van der Waals surface area contributed by atoms with Gasteiger partial charge in [0.15, 0.2) is 11.5 Å². The van der Waals surface area contributed by atoms with Gasteiger partial charge >= 0.3 is 0 Å². The van der Waals surface area contributed by atoms with Crippen LogP contribution in [0.5, 0.6) is 11.5 Å². The Hall–Kier alpha value is -2.83. The number of rotatable bonds is 7. The first-order valence-corrected chi connectivity index (χ1v) is 10.1. The summed E-state index contributed by atoms with van der Waals surface area (Å²) in [5, 5.41) is 2.94. The number of amides is 1. The molecule has 0 radical (unpaired) electrons. The van der Waals surface area contributed by atoms with Gasteiger partial charge in [0, 0.05) is 57.4 Å². The second-order valence-corrected chi connectivity index (χ2v) is 7.32. The lowest BCUT2D eigenvalue weighted by Crippen LogP contribution is -2.46. The molecule has 2 aliphatic heterocycles. The molecule has 6 nitrogen and oxygen atoms in total. The van der Waals surface area contributed by atoms with Crippen LogP contribution in [-0.2, 0) is 4.79 Å². The Labute approximate surface area is 171 Å². The van der Waals surface area contributed by atoms with Gasteiger partial charge in [0.25, 0.3) is 0 Å². The average molecular weight is 393 g/mol. The normalized spacial score (nSPS) is 17.0. The topological polar surface area (TPSA) is 54.0 Å². The summed E-state index contributed by atoms with van der Waals surface area (Å²) in [5.74, 6) is 1.43. The number of hydrogen-bond donors (Lipinski definition) is 1. The predicted molar refractivity (Wildman–Crippen MR) is 114 cm³/mol. The molecule has 2 aromatic rings. The zero-order valence-electron chi connectivity index (χ0n) is 16.5. The van der Waals surface area contributed by atoms with Crippen LogP contribution in [0.1, 0.15) is 12.0 Å². The molecule has 0 unspecified atom stereocenters. The molecule has 152 valence electrons. The molecule has 1 amide bonds. The van der Waals surface area contributed by atoms with Crippen molar-refractivity contribution >= 4 is 17.7 Å². The van der Waals surface area contributed by atoms with Crippen LogP contribution in [0.2, 0.25) is 0 Å². The molecule has 1 saturated heterocycles. The molecule has 1 N–H and O–H groups in total. The van der Waals surface area contributed by atoms with E-state index >= 15 is 0 Å². The highest BCUT2D eigenvalue weighted by molar-refractivity contribution is 5.91. The number of hydrogen-bond acceptors (Lipinski definition) is 5. The lowest BCUT2D eigenvalue weighted by Gasteiger charge is -2.34. The first kappa shape index (κ1) is 19.5. The number of carbonyl (C=O) groups excluding carboxylic acids is 1. The van der Waals surface area contributed by atoms with Crippen LogP contribution in [-0.4, -0.2) is 61.8 Å². The summed E-state index contributed by atoms with van der Waals surface area (Å²) in [6.07, 6.45) is 4.89. The van der Waals surface area contributed by atoms with Crippen molar-refractivity contribution in [3.63, 3.8) is 0 Å². The predicted octanol–water partition coefficient (Wildman–Crippen LogP) is 3.07. The summed E-state index contributed by atoms with van der Waals surface area (Å²) in [6, 6.07) is 15.8. The monoisotopic (exact) mass is 393 g/mol. The molecule has 6 heteroatoms. The Balaban J connectivity index is 1.14. The highest BCUT2D eigenvalue weighted by atomic mass is 16.7. The molecular weight excluding hydrogens is 366 g/mol. The second-order valence-electron chi connectivity index (χ2n) is 7.32. The van der Waals surface area contributed by atoms with Crippen molar-refractivity contribution < 1.29 is 14.3 Å². The van der Waals surface area contributed by atoms with Gasteiger partial charge in [0.05, 0.1) is 0 Å². The van der Waals surface area contributed by atoms with Gasteiger partial charge in [-0.1, -0.05) is 42.5 Å². The number of fused-ring (bicyclic) bond motifs is 1. The maximum atomic E-state index is 12.3. The third-order valence-electron chi connectivity index (χ3n) is 5.25. The summed E-state index contributed by atoms with van der Waals surface area (Å²) in [4.78, 5) is 17.1. The Morgan fingerprint density at radius 1 is 0.966 bits per heavy atom. The van der Waals surface area contributed by atoms with Crippen molar-refractivity contribution in [3.8, 4) is 11.5 Å². The minimum Gasteiger partial charge on any atom is -0.454 e. The van der Waals surface area contributed by atoms with Crippen molar-refractivity contribution in [1.29, 1.82) is 0 Å². The zero-order chi connectivity index (χ0) is 19.9. The molecule has 29 heavy (non-hydrogen) atoms. The van der Waals surface area contributed by atoms with Crippen LogP contribution < -0.4 is 14.8 Å². The first-order chi connectivity index (χ1) is 14.3. The number of anilines is 1. The molecule has 0 saturated carbocycles. The van der Waals surface area contributed by atoms with Crippen LogP contribution in [0.3, 0.4) is 0 Å². The van der Waals surface area contributed by atoms with Gasteiger partial charge in [-0.2, -0.15) is 0 Å². The van der Waals surface area contributed by atoms with E-state index in [1.54, 1.807) is 0 Å².